The van der Waals surface area contributed by atoms with Crippen molar-refractivity contribution in [2.24, 2.45) is 0 Å². The van der Waals surface area contributed by atoms with Crippen LogP contribution in [0.5, 0.6) is 23.0 Å². The number of carbonyl (C=O) groups is 1. The van der Waals surface area contributed by atoms with E-state index in [2.05, 4.69) is 4.74 Å². The monoisotopic (exact) mass is 316 g/mol. The van der Waals surface area contributed by atoms with Gasteiger partial charge in [0.25, 0.3) is 0 Å². The molecule has 0 aromatic heterocycles. The Morgan fingerprint density at radius 3 is 2.26 bits per heavy atom. The molecule has 0 heterocycles. The second kappa shape index (κ2) is 6.74. The molecule has 23 heavy (non-hydrogen) atoms. The van der Waals surface area contributed by atoms with Gasteiger partial charge in [0.15, 0.2) is 0 Å². The van der Waals surface area contributed by atoms with Gasteiger partial charge in [-0.3, -0.25) is 0 Å². The molecule has 0 bridgehead atoms. The highest BCUT2D eigenvalue weighted by atomic mass is 16.5. The van der Waals surface area contributed by atoms with E-state index in [1.807, 2.05) is 0 Å². The molecular weight excluding hydrogens is 300 g/mol. The van der Waals surface area contributed by atoms with E-state index in [0.29, 0.717) is 16.9 Å². The summed E-state index contributed by atoms with van der Waals surface area (Å²) in [6, 6.07) is 6.99. The second-order valence-electron chi connectivity index (χ2n) is 4.68. The van der Waals surface area contributed by atoms with Crippen molar-refractivity contribution in [3.8, 4) is 23.0 Å². The van der Waals surface area contributed by atoms with Crippen molar-refractivity contribution < 1.29 is 29.6 Å². The van der Waals surface area contributed by atoms with E-state index in [-0.39, 0.29) is 22.8 Å². The molecule has 0 unspecified atom stereocenters. The Bertz CT molecular complexity index is 764. The third kappa shape index (κ3) is 3.55. The van der Waals surface area contributed by atoms with Gasteiger partial charge in [0.05, 0.1) is 14.2 Å². The molecule has 6 heteroatoms. The standard InChI is InChI=1S/C17H16O6/c1-22-13-7-11(16(15(20)9-13)17(21)23-2)4-3-10-5-6-12(18)8-14(10)19/h3-9,18-20H,1-2H3/b4-3+. The maximum absolute atomic E-state index is 11.8. The average Bonchev–Trinajstić information content (AvgIpc) is 2.52. The van der Waals surface area contributed by atoms with Crippen LogP contribution in [0, 0.1) is 0 Å². The molecule has 2 aromatic rings. The maximum Gasteiger partial charge on any atom is 0.342 e. The van der Waals surface area contributed by atoms with Gasteiger partial charge in [-0.25, -0.2) is 4.79 Å². The fourth-order valence-electron chi connectivity index (χ4n) is 2.05. The fourth-order valence-corrected chi connectivity index (χ4v) is 2.05. The van der Waals surface area contributed by atoms with Crippen molar-refractivity contribution in [3.63, 3.8) is 0 Å². The van der Waals surface area contributed by atoms with Crippen LogP contribution in [0.4, 0.5) is 0 Å². The maximum atomic E-state index is 11.8. The summed E-state index contributed by atoms with van der Waals surface area (Å²) in [5.41, 5.74) is 0.782. The van der Waals surface area contributed by atoms with Crippen molar-refractivity contribution in [1.29, 1.82) is 0 Å². The highest BCUT2D eigenvalue weighted by Gasteiger charge is 2.17. The lowest BCUT2D eigenvalue weighted by atomic mass is 10.0. The third-order valence-corrected chi connectivity index (χ3v) is 3.20. The van der Waals surface area contributed by atoms with E-state index >= 15 is 0 Å². The fraction of sp³-hybridized carbons (Fsp3) is 0.118. The zero-order valence-electron chi connectivity index (χ0n) is 12.6. The quantitative estimate of drug-likeness (QED) is 0.593. The number of benzene rings is 2. The highest BCUT2D eigenvalue weighted by Crippen LogP contribution is 2.31. The van der Waals surface area contributed by atoms with Crippen molar-refractivity contribution >= 4 is 18.1 Å². The van der Waals surface area contributed by atoms with Crippen LogP contribution in [-0.2, 0) is 4.74 Å². The van der Waals surface area contributed by atoms with Crippen LogP contribution in [0.15, 0.2) is 30.3 Å². The number of hydrogen-bond donors (Lipinski definition) is 3. The number of ether oxygens (including phenoxy) is 2. The van der Waals surface area contributed by atoms with Crippen LogP contribution in [-0.4, -0.2) is 35.5 Å². The van der Waals surface area contributed by atoms with Crippen LogP contribution in [0.1, 0.15) is 21.5 Å². The van der Waals surface area contributed by atoms with Crippen LogP contribution >= 0.6 is 0 Å². The number of aromatic hydroxyl groups is 3. The summed E-state index contributed by atoms with van der Waals surface area (Å²) in [7, 11) is 2.65. The number of carbonyl (C=O) groups excluding carboxylic acids is 1. The molecular formula is C17H16O6. The number of methoxy groups -OCH3 is 2. The summed E-state index contributed by atoms with van der Waals surface area (Å²) in [6.07, 6.45) is 3.07. The number of rotatable bonds is 4. The van der Waals surface area contributed by atoms with Crippen LogP contribution in [0.2, 0.25) is 0 Å². The number of esters is 1. The molecule has 0 fully saturated rings. The Morgan fingerprint density at radius 2 is 1.65 bits per heavy atom. The molecule has 0 aliphatic carbocycles. The predicted octanol–water partition coefficient (Wildman–Crippen LogP) is 2.77. The summed E-state index contributed by atoms with van der Waals surface area (Å²) in [5, 5.41) is 29.0. The van der Waals surface area contributed by atoms with Crippen LogP contribution < -0.4 is 4.74 Å². The van der Waals surface area contributed by atoms with E-state index in [4.69, 9.17) is 4.74 Å². The second-order valence-corrected chi connectivity index (χ2v) is 4.68. The molecule has 0 atom stereocenters. The average molecular weight is 316 g/mol. The zero-order valence-corrected chi connectivity index (χ0v) is 12.6. The predicted molar refractivity (Wildman–Crippen MR) is 84.7 cm³/mol. The molecule has 6 nitrogen and oxygen atoms in total. The van der Waals surface area contributed by atoms with E-state index < -0.39 is 5.97 Å². The molecule has 120 valence electrons. The summed E-state index contributed by atoms with van der Waals surface area (Å²) in [5.74, 6) is -0.780. The lowest BCUT2D eigenvalue weighted by Gasteiger charge is -2.09. The normalized spacial score (nSPS) is 10.7. The minimum absolute atomic E-state index is 0.0113. The molecule has 2 rings (SSSR count). The smallest absolute Gasteiger partial charge is 0.342 e. The van der Waals surface area contributed by atoms with E-state index in [0.717, 1.165) is 0 Å². The number of phenolic OH excluding ortho intramolecular Hbond substituents is 3. The van der Waals surface area contributed by atoms with Gasteiger partial charge in [-0.15, -0.1) is 0 Å². The van der Waals surface area contributed by atoms with Crippen molar-refractivity contribution in [1.82, 2.24) is 0 Å². The van der Waals surface area contributed by atoms with Gasteiger partial charge < -0.3 is 24.8 Å². The van der Waals surface area contributed by atoms with Crippen molar-refractivity contribution in [2.45, 2.75) is 0 Å². The van der Waals surface area contributed by atoms with Gasteiger partial charge in [0.2, 0.25) is 0 Å². The summed E-state index contributed by atoms with van der Waals surface area (Å²) in [6.45, 7) is 0. The largest absolute Gasteiger partial charge is 0.508 e. The van der Waals surface area contributed by atoms with Crippen molar-refractivity contribution in [2.75, 3.05) is 14.2 Å². The molecule has 0 aliphatic rings. The molecule has 0 saturated carbocycles. The molecule has 3 N–H and O–H groups in total. The zero-order chi connectivity index (χ0) is 17.0. The van der Waals surface area contributed by atoms with E-state index in [1.54, 1.807) is 6.07 Å². The van der Waals surface area contributed by atoms with Gasteiger partial charge in [-0.2, -0.15) is 0 Å². The molecule has 0 radical (unpaired) electrons. The first-order chi connectivity index (χ1) is 11.0. The summed E-state index contributed by atoms with van der Waals surface area (Å²) >= 11 is 0. The van der Waals surface area contributed by atoms with Crippen LogP contribution in [0.3, 0.4) is 0 Å². The molecule has 2 aromatic carbocycles. The lowest BCUT2D eigenvalue weighted by Crippen LogP contribution is -2.04. The van der Waals surface area contributed by atoms with E-state index in [9.17, 15) is 20.1 Å². The highest BCUT2D eigenvalue weighted by molar-refractivity contribution is 5.98. The number of phenols is 3. The van der Waals surface area contributed by atoms with Gasteiger partial charge in [0, 0.05) is 17.7 Å². The first kappa shape index (κ1) is 16.2. The summed E-state index contributed by atoms with van der Waals surface area (Å²) < 4.78 is 9.73. The topological polar surface area (TPSA) is 96.2 Å². The van der Waals surface area contributed by atoms with Crippen LogP contribution in [0.25, 0.3) is 12.2 Å². The van der Waals surface area contributed by atoms with Crippen molar-refractivity contribution in [3.05, 3.63) is 47.0 Å². The van der Waals surface area contributed by atoms with Gasteiger partial charge in [0.1, 0.15) is 28.6 Å². The SMILES string of the molecule is COC(=O)c1c(O)cc(OC)cc1/C=C/c1ccc(O)cc1O. The number of hydrogen-bond acceptors (Lipinski definition) is 6. The van der Waals surface area contributed by atoms with E-state index in [1.165, 1.54) is 50.6 Å². The lowest BCUT2D eigenvalue weighted by molar-refractivity contribution is 0.0597. The third-order valence-electron chi connectivity index (χ3n) is 3.20. The molecule has 0 aliphatic heterocycles. The Labute approximate surface area is 132 Å². The van der Waals surface area contributed by atoms with Gasteiger partial charge >= 0.3 is 5.97 Å². The van der Waals surface area contributed by atoms with Gasteiger partial charge in [-0.05, 0) is 23.8 Å². The first-order valence-electron chi connectivity index (χ1n) is 6.65. The Morgan fingerprint density at radius 1 is 0.957 bits per heavy atom. The Kier molecular flexibility index (Phi) is 4.75. The summed E-state index contributed by atoms with van der Waals surface area (Å²) in [4.78, 5) is 11.8. The molecule has 0 spiro atoms. The minimum atomic E-state index is -0.695. The minimum Gasteiger partial charge on any atom is -0.508 e. The molecule has 0 saturated heterocycles. The van der Waals surface area contributed by atoms with Gasteiger partial charge in [-0.1, -0.05) is 12.2 Å². The molecule has 0 amide bonds. The Hall–Kier alpha value is -3.15. The first-order valence-corrected chi connectivity index (χ1v) is 6.65. The Balaban J connectivity index is 2.50.